The van der Waals surface area contributed by atoms with Gasteiger partial charge in [0.15, 0.2) is 0 Å². The Hall–Kier alpha value is -1.91. The van der Waals surface area contributed by atoms with Gasteiger partial charge in [-0.2, -0.15) is 0 Å². The Morgan fingerprint density at radius 1 is 1.14 bits per heavy atom. The molecule has 4 nitrogen and oxygen atoms in total. The van der Waals surface area contributed by atoms with E-state index in [0.29, 0.717) is 34.8 Å². The Morgan fingerprint density at radius 2 is 1.82 bits per heavy atom. The van der Waals surface area contributed by atoms with Crippen LogP contribution in [-0.2, 0) is 11.2 Å². The molecule has 0 saturated carbocycles. The number of rotatable bonds is 4. The Kier molecular flexibility index (Phi) is 6.41. The largest absolute Gasteiger partial charge is 0.457 e. The van der Waals surface area contributed by atoms with E-state index in [4.69, 9.17) is 32.7 Å². The maximum Gasteiger partial charge on any atom is 0.410 e. The van der Waals surface area contributed by atoms with Crippen molar-refractivity contribution in [2.75, 3.05) is 13.1 Å². The lowest BCUT2D eigenvalue weighted by atomic mass is 9.98. The fourth-order valence-electron chi connectivity index (χ4n) is 3.29. The molecule has 0 spiro atoms. The molecule has 0 aromatic heterocycles. The third kappa shape index (κ3) is 5.79. The molecule has 1 aliphatic rings. The van der Waals surface area contributed by atoms with Gasteiger partial charge in [0.1, 0.15) is 17.1 Å². The number of para-hydroxylation sites is 1. The summed E-state index contributed by atoms with van der Waals surface area (Å²) >= 11 is 12.1. The summed E-state index contributed by atoms with van der Waals surface area (Å²) in [5, 5.41) is 1.06. The number of amides is 1. The van der Waals surface area contributed by atoms with Crippen molar-refractivity contribution in [2.45, 2.75) is 39.2 Å². The maximum atomic E-state index is 12.3. The molecule has 1 fully saturated rings. The molecule has 1 amide bonds. The van der Waals surface area contributed by atoms with Crippen LogP contribution in [0.1, 0.15) is 32.8 Å². The Labute approximate surface area is 176 Å². The van der Waals surface area contributed by atoms with E-state index < -0.39 is 5.60 Å². The van der Waals surface area contributed by atoms with Gasteiger partial charge in [-0.05, 0) is 69.4 Å². The minimum Gasteiger partial charge on any atom is -0.457 e. The lowest BCUT2D eigenvalue weighted by Crippen LogP contribution is -2.35. The number of ether oxygens (including phenoxy) is 2. The van der Waals surface area contributed by atoms with E-state index >= 15 is 0 Å². The summed E-state index contributed by atoms with van der Waals surface area (Å²) in [5.74, 6) is 1.74. The number of carbonyl (C=O) groups is 1. The van der Waals surface area contributed by atoms with Crippen LogP contribution in [0.25, 0.3) is 0 Å². The van der Waals surface area contributed by atoms with Crippen LogP contribution < -0.4 is 4.74 Å². The third-order valence-corrected chi connectivity index (χ3v) is 4.92. The van der Waals surface area contributed by atoms with Crippen molar-refractivity contribution in [2.24, 2.45) is 5.92 Å². The molecule has 2 aromatic rings. The Bertz CT molecular complexity index is 828. The molecule has 1 aliphatic heterocycles. The van der Waals surface area contributed by atoms with Crippen LogP contribution in [0.4, 0.5) is 4.79 Å². The average molecular weight is 422 g/mol. The smallest absolute Gasteiger partial charge is 0.410 e. The zero-order valence-electron chi connectivity index (χ0n) is 16.4. The normalized spacial score (nSPS) is 16.9. The molecule has 1 heterocycles. The van der Waals surface area contributed by atoms with E-state index in [1.54, 1.807) is 23.1 Å². The Balaban J connectivity index is 1.66. The molecular weight excluding hydrogens is 397 g/mol. The van der Waals surface area contributed by atoms with Crippen molar-refractivity contribution in [1.82, 2.24) is 4.90 Å². The summed E-state index contributed by atoms with van der Waals surface area (Å²) < 4.78 is 11.5. The first-order valence-corrected chi connectivity index (χ1v) is 10.1. The zero-order valence-corrected chi connectivity index (χ0v) is 17.9. The molecule has 2 aromatic carbocycles. The Morgan fingerprint density at radius 3 is 2.50 bits per heavy atom. The predicted octanol–water partition coefficient (Wildman–Crippen LogP) is 6.59. The minimum atomic E-state index is -0.478. The molecule has 0 aliphatic carbocycles. The second-order valence-electron chi connectivity index (χ2n) is 8.10. The maximum absolute atomic E-state index is 12.3. The van der Waals surface area contributed by atoms with Gasteiger partial charge in [-0.15, -0.1) is 0 Å². The standard InChI is InChI=1S/C22H25Cl2NO3/c1-22(2,3)28-21(26)25-9-8-15(14-25)10-16-6-4-5-7-20(16)27-19-12-17(23)11-18(24)13-19/h4-7,11-13,15H,8-10,14H2,1-3H3. The molecule has 1 saturated heterocycles. The number of likely N-dealkylation sites (tertiary alicyclic amines) is 1. The topological polar surface area (TPSA) is 38.8 Å². The second-order valence-corrected chi connectivity index (χ2v) is 8.97. The van der Waals surface area contributed by atoms with Crippen LogP contribution in [-0.4, -0.2) is 29.7 Å². The molecule has 0 N–H and O–H groups in total. The summed E-state index contributed by atoms with van der Waals surface area (Å²) in [6, 6.07) is 13.1. The van der Waals surface area contributed by atoms with Crippen molar-refractivity contribution < 1.29 is 14.3 Å². The van der Waals surface area contributed by atoms with Crippen molar-refractivity contribution in [3.63, 3.8) is 0 Å². The lowest BCUT2D eigenvalue weighted by Gasteiger charge is -2.24. The van der Waals surface area contributed by atoms with Gasteiger partial charge in [-0.25, -0.2) is 4.79 Å². The van der Waals surface area contributed by atoms with Crippen LogP contribution in [0, 0.1) is 5.92 Å². The van der Waals surface area contributed by atoms with E-state index in [2.05, 4.69) is 6.07 Å². The summed E-state index contributed by atoms with van der Waals surface area (Å²) in [4.78, 5) is 14.1. The summed E-state index contributed by atoms with van der Waals surface area (Å²) in [7, 11) is 0. The monoisotopic (exact) mass is 421 g/mol. The second kappa shape index (κ2) is 8.62. The first-order chi connectivity index (χ1) is 13.2. The molecule has 0 radical (unpaired) electrons. The van der Waals surface area contributed by atoms with Gasteiger partial charge in [-0.3, -0.25) is 0 Å². The highest BCUT2D eigenvalue weighted by molar-refractivity contribution is 6.34. The van der Waals surface area contributed by atoms with Crippen molar-refractivity contribution in [3.8, 4) is 11.5 Å². The van der Waals surface area contributed by atoms with Crippen LogP contribution in [0.5, 0.6) is 11.5 Å². The SMILES string of the molecule is CC(C)(C)OC(=O)N1CCC(Cc2ccccc2Oc2cc(Cl)cc(Cl)c2)C1. The van der Waals surface area contributed by atoms with Gasteiger partial charge < -0.3 is 14.4 Å². The van der Waals surface area contributed by atoms with E-state index in [9.17, 15) is 4.79 Å². The van der Waals surface area contributed by atoms with E-state index in [1.165, 1.54) is 0 Å². The number of halogens is 2. The van der Waals surface area contributed by atoms with Crippen molar-refractivity contribution in [1.29, 1.82) is 0 Å². The highest BCUT2D eigenvalue weighted by Crippen LogP contribution is 2.32. The summed E-state index contributed by atoms with van der Waals surface area (Å²) in [6.45, 7) is 7.05. The first kappa shape index (κ1) is 20.8. The summed E-state index contributed by atoms with van der Waals surface area (Å²) in [6.07, 6.45) is 1.52. The molecule has 150 valence electrons. The molecular formula is C22H25Cl2NO3. The number of benzene rings is 2. The fraction of sp³-hybridized carbons (Fsp3) is 0.409. The molecule has 6 heteroatoms. The summed E-state index contributed by atoms with van der Waals surface area (Å²) in [5.41, 5.74) is 0.614. The minimum absolute atomic E-state index is 0.242. The fourth-order valence-corrected chi connectivity index (χ4v) is 3.80. The van der Waals surface area contributed by atoms with Gasteiger partial charge in [-0.1, -0.05) is 41.4 Å². The number of nitrogens with zero attached hydrogens (tertiary/aromatic N) is 1. The van der Waals surface area contributed by atoms with Gasteiger partial charge in [0.2, 0.25) is 0 Å². The molecule has 0 bridgehead atoms. The molecule has 28 heavy (non-hydrogen) atoms. The van der Waals surface area contributed by atoms with Crippen LogP contribution in [0.2, 0.25) is 10.0 Å². The number of hydrogen-bond donors (Lipinski definition) is 0. The van der Waals surface area contributed by atoms with Gasteiger partial charge in [0.05, 0.1) is 0 Å². The van der Waals surface area contributed by atoms with E-state index in [0.717, 1.165) is 24.2 Å². The zero-order chi connectivity index (χ0) is 20.3. The van der Waals surface area contributed by atoms with Crippen LogP contribution in [0.15, 0.2) is 42.5 Å². The van der Waals surface area contributed by atoms with Crippen molar-refractivity contribution in [3.05, 3.63) is 58.1 Å². The number of hydrogen-bond acceptors (Lipinski definition) is 3. The van der Waals surface area contributed by atoms with Gasteiger partial charge in [0, 0.05) is 23.1 Å². The van der Waals surface area contributed by atoms with E-state index in [-0.39, 0.29) is 6.09 Å². The predicted molar refractivity (Wildman–Crippen MR) is 113 cm³/mol. The molecule has 1 unspecified atom stereocenters. The third-order valence-electron chi connectivity index (χ3n) is 4.48. The average Bonchev–Trinajstić information content (AvgIpc) is 3.03. The van der Waals surface area contributed by atoms with Gasteiger partial charge >= 0.3 is 6.09 Å². The van der Waals surface area contributed by atoms with Gasteiger partial charge in [0.25, 0.3) is 0 Å². The van der Waals surface area contributed by atoms with Crippen LogP contribution >= 0.6 is 23.2 Å². The first-order valence-electron chi connectivity index (χ1n) is 9.39. The molecule has 1 atom stereocenters. The highest BCUT2D eigenvalue weighted by atomic mass is 35.5. The number of carbonyl (C=O) groups excluding carboxylic acids is 1. The van der Waals surface area contributed by atoms with Crippen molar-refractivity contribution >= 4 is 29.3 Å². The van der Waals surface area contributed by atoms with E-state index in [1.807, 2.05) is 39.0 Å². The quantitative estimate of drug-likeness (QED) is 0.558. The highest BCUT2D eigenvalue weighted by Gasteiger charge is 2.30. The molecule has 3 rings (SSSR count). The lowest BCUT2D eigenvalue weighted by molar-refractivity contribution is 0.0288. The van der Waals surface area contributed by atoms with Crippen LogP contribution in [0.3, 0.4) is 0 Å².